The van der Waals surface area contributed by atoms with Crippen molar-refractivity contribution in [1.29, 1.82) is 0 Å². The first-order chi connectivity index (χ1) is 8.06. The molecule has 1 aliphatic heterocycles. The molecule has 0 atom stereocenters. The standard InChI is InChI=1S/C12H16ClN3O/c1-15-2-4-16(5-3-15)12(17)9-6-10(13)8-11(14)7-9/h6-8H,2-5,14H2,1H3. The molecule has 2 N–H and O–H groups in total. The molecule has 5 heteroatoms. The SMILES string of the molecule is CN1CCN(C(=O)c2cc(N)cc(Cl)c2)CC1. The maximum absolute atomic E-state index is 12.2. The Labute approximate surface area is 106 Å². The third-order valence-electron chi connectivity index (χ3n) is 2.96. The molecule has 1 amide bonds. The minimum absolute atomic E-state index is 0.00676. The fraction of sp³-hybridized carbons (Fsp3) is 0.417. The second-order valence-corrected chi connectivity index (χ2v) is 4.81. The van der Waals surface area contributed by atoms with Crippen LogP contribution in [0, 0.1) is 0 Å². The molecule has 1 saturated heterocycles. The molecule has 0 radical (unpaired) electrons. The molecule has 0 spiro atoms. The van der Waals surface area contributed by atoms with Gasteiger partial charge in [0.25, 0.3) is 5.91 Å². The van der Waals surface area contributed by atoms with Gasteiger partial charge in [0.05, 0.1) is 0 Å². The molecule has 1 fully saturated rings. The number of hydrogen-bond acceptors (Lipinski definition) is 3. The van der Waals surface area contributed by atoms with Crippen LogP contribution in [0.4, 0.5) is 5.69 Å². The van der Waals surface area contributed by atoms with Crippen molar-refractivity contribution in [1.82, 2.24) is 9.80 Å². The first kappa shape index (κ1) is 12.2. The van der Waals surface area contributed by atoms with Crippen molar-refractivity contribution in [2.75, 3.05) is 39.0 Å². The van der Waals surface area contributed by atoms with Gasteiger partial charge in [-0.2, -0.15) is 0 Å². The van der Waals surface area contributed by atoms with E-state index >= 15 is 0 Å². The number of rotatable bonds is 1. The van der Waals surface area contributed by atoms with Crippen molar-refractivity contribution in [2.45, 2.75) is 0 Å². The molecule has 1 heterocycles. The number of amides is 1. The molecule has 0 aliphatic carbocycles. The van der Waals surface area contributed by atoms with E-state index in [2.05, 4.69) is 11.9 Å². The second-order valence-electron chi connectivity index (χ2n) is 4.37. The van der Waals surface area contributed by atoms with E-state index in [9.17, 15) is 4.79 Å². The zero-order chi connectivity index (χ0) is 12.4. The van der Waals surface area contributed by atoms with Crippen molar-refractivity contribution < 1.29 is 4.79 Å². The molecule has 1 aromatic rings. The van der Waals surface area contributed by atoms with E-state index < -0.39 is 0 Å². The molecule has 92 valence electrons. The summed E-state index contributed by atoms with van der Waals surface area (Å²) in [6.45, 7) is 3.31. The quantitative estimate of drug-likeness (QED) is 0.768. The first-order valence-corrected chi connectivity index (χ1v) is 5.98. The van der Waals surface area contributed by atoms with E-state index in [-0.39, 0.29) is 5.91 Å². The van der Waals surface area contributed by atoms with E-state index in [0.29, 0.717) is 16.3 Å². The number of hydrogen-bond donors (Lipinski definition) is 1. The Morgan fingerprint density at radius 3 is 2.47 bits per heavy atom. The third-order valence-corrected chi connectivity index (χ3v) is 3.18. The third kappa shape index (κ3) is 2.90. The fourth-order valence-electron chi connectivity index (χ4n) is 1.93. The Morgan fingerprint density at radius 2 is 1.88 bits per heavy atom. The molecular weight excluding hydrogens is 238 g/mol. The Hall–Kier alpha value is -1.26. The molecule has 17 heavy (non-hydrogen) atoms. The molecule has 2 rings (SSSR count). The second kappa shape index (κ2) is 4.94. The molecule has 0 saturated carbocycles. The molecular formula is C12H16ClN3O. The molecule has 0 aromatic heterocycles. The van der Waals surface area contributed by atoms with Gasteiger partial charge in [0.2, 0.25) is 0 Å². The van der Waals surface area contributed by atoms with Crippen molar-refractivity contribution in [3.05, 3.63) is 28.8 Å². The fourth-order valence-corrected chi connectivity index (χ4v) is 2.17. The van der Waals surface area contributed by atoms with Gasteiger partial charge in [0, 0.05) is 42.5 Å². The van der Waals surface area contributed by atoms with E-state index in [1.807, 2.05) is 4.90 Å². The molecule has 1 aromatic carbocycles. The average Bonchev–Trinajstić information content (AvgIpc) is 2.28. The largest absolute Gasteiger partial charge is 0.399 e. The summed E-state index contributed by atoms with van der Waals surface area (Å²) < 4.78 is 0. The number of carbonyl (C=O) groups is 1. The average molecular weight is 254 g/mol. The molecule has 0 bridgehead atoms. The van der Waals surface area contributed by atoms with Gasteiger partial charge in [0.15, 0.2) is 0 Å². The number of halogens is 1. The van der Waals surface area contributed by atoms with E-state index in [1.54, 1.807) is 18.2 Å². The topological polar surface area (TPSA) is 49.6 Å². The molecule has 1 aliphatic rings. The summed E-state index contributed by atoms with van der Waals surface area (Å²) in [4.78, 5) is 16.2. The normalized spacial score (nSPS) is 17.2. The smallest absolute Gasteiger partial charge is 0.254 e. The van der Waals surface area contributed by atoms with Crippen LogP contribution in [-0.2, 0) is 0 Å². The zero-order valence-corrected chi connectivity index (χ0v) is 10.6. The predicted octanol–water partition coefficient (Wildman–Crippen LogP) is 1.31. The Kier molecular flexibility index (Phi) is 3.54. The lowest BCUT2D eigenvalue weighted by Gasteiger charge is -2.32. The highest BCUT2D eigenvalue weighted by molar-refractivity contribution is 6.31. The van der Waals surface area contributed by atoms with Gasteiger partial charge in [-0.3, -0.25) is 4.79 Å². The van der Waals surface area contributed by atoms with Crippen LogP contribution in [0.2, 0.25) is 5.02 Å². The summed E-state index contributed by atoms with van der Waals surface area (Å²) in [6.07, 6.45) is 0. The van der Waals surface area contributed by atoms with Crippen molar-refractivity contribution in [3.63, 3.8) is 0 Å². The van der Waals surface area contributed by atoms with Gasteiger partial charge < -0.3 is 15.5 Å². The van der Waals surface area contributed by atoms with Crippen LogP contribution in [0.25, 0.3) is 0 Å². The van der Waals surface area contributed by atoms with E-state index in [4.69, 9.17) is 17.3 Å². The maximum atomic E-state index is 12.2. The Balaban J connectivity index is 2.14. The molecule has 4 nitrogen and oxygen atoms in total. The van der Waals surface area contributed by atoms with E-state index in [0.717, 1.165) is 26.2 Å². The van der Waals surface area contributed by atoms with Crippen molar-refractivity contribution in [2.24, 2.45) is 0 Å². The van der Waals surface area contributed by atoms with Crippen molar-refractivity contribution >= 4 is 23.2 Å². The summed E-state index contributed by atoms with van der Waals surface area (Å²) in [5, 5.41) is 0.502. The summed E-state index contributed by atoms with van der Waals surface area (Å²) in [7, 11) is 2.05. The minimum Gasteiger partial charge on any atom is -0.399 e. The number of carbonyl (C=O) groups excluding carboxylic acids is 1. The van der Waals surface area contributed by atoms with Crippen LogP contribution in [0.5, 0.6) is 0 Å². The summed E-state index contributed by atoms with van der Waals surface area (Å²) >= 11 is 5.90. The lowest BCUT2D eigenvalue weighted by Crippen LogP contribution is -2.47. The predicted molar refractivity (Wildman–Crippen MR) is 69.3 cm³/mol. The van der Waals surface area contributed by atoms with Crippen LogP contribution in [0.15, 0.2) is 18.2 Å². The van der Waals surface area contributed by atoms with Gasteiger partial charge in [-0.15, -0.1) is 0 Å². The summed E-state index contributed by atoms with van der Waals surface area (Å²) in [5.74, 6) is 0.00676. The van der Waals surface area contributed by atoms with Gasteiger partial charge in [-0.05, 0) is 25.2 Å². The van der Waals surface area contributed by atoms with Crippen LogP contribution in [-0.4, -0.2) is 48.9 Å². The number of likely N-dealkylation sites (N-methyl/N-ethyl adjacent to an activating group) is 1. The van der Waals surface area contributed by atoms with Crippen LogP contribution in [0.3, 0.4) is 0 Å². The molecule has 0 unspecified atom stereocenters. The van der Waals surface area contributed by atoms with Gasteiger partial charge in [-0.1, -0.05) is 11.6 Å². The van der Waals surface area contributed by atoms with Gasteiger partial charge in [-0.25, -0.2) is 0 Å². The minimum atomic E-state index is 0.00676. The number of nitrogens with two attached hydrogens (primary N) is 1. The monoisotopic (exact) mass is 253 g/mol. The van der Waals surface area contributed by atoms with E-state index in [1.165, 1.54) is 0 Å². The Morgan fingerprint density at radius 1 is 1.24 bits per heavy atom. The number of benzene rings is 1. The number of nitrogens with zero attached hydrogens (tertiary/aromatic N) is 2. The van der Waals surface area contributed by atoms with Crippen LogP contribution < -0.4 is 5.73 Å². The highest BCUT2D eigenvalue weighted by Crippen LogP contribution is 2.18. The van der Waals surface area contributed by atoms with Crippen LogP contribution in [0.1, 0.15) is 10.4 Å². The zero-order valence-electron chi connectivity index (χ0n) is 9.82. The first-order valence-electron chi connectivity index (χ1n) is 5.60. The summed E-state index contributed by atoms with van der Waals surface area (Å²) in [6, 6.07) is 4.98. The number of nitrogen functional groups attached to an aromatic ring is 1. The lowest BCUT2D eigenvalue weighted by molar-refractivity contribution is 0.0664. The van der Waals surface area contributed by atoms with Gasteiger partial charge in [0.1, 0.15) is 0 Å². The van der Waals surface area contributed by atoms with Gasteiger partial charge >= 0.3 is 0 Å². The van der Waals surface area contributed by atoms with Crippen LogP contribution >= 0.6 is 11.6 Å². The maximum Gasteiger partial charge on any atom is 0.254 e. The number of piperazine rings is 1. The highest BCUT2D eigenvalue weighted by atomic mass is 35.5. The highest BCUT2D eigenvalue weighted by Gasteiger charge is 2.20. The van der Waals surface area contributed by atoms with Crippen molar-refractivity contribution in [3.8, 4) is 0 Å². The number of anilines is 1. The lowest BCUT2D eigenvalue weighted by atomic mass is 10.1. The Bertz CT molecular complexity index is 408. The summed E-state index contributed by atoms with van der Waals surface area (Å²) in [5.41, 5.74) is 6.78.